The van der Waals surface area contributed by atoms with E-state index in [2.05, 4.69) is 89.4 Å². The van der Waals surface area contributed by atoms with Gasteiger partial charge in [0.2, 0.25) is 0 Å². The van der Waals surface area contributed by atoms with Crippen molar-refractivity contribution < 1.29 is 0 Å². The zero-order valence-corrected chi connectivity index (χ0v) is 13.6. The van der Waals surface area contributed by atoms with Crippen LogP contribution in [-0.4, -0.2) is 7.05 Å². The van der Waals surface area contributed by atoms with Crippen molar-refractivity contribution in [3.05, 3.63) is 69.3 Å². The number of benzene rings is 2. The second-order valence-corrected chi connectivity index (χ2v) is 6.23. The zero-order valence-electron chi connectivity index (χ0n) is 11.4. The molecular weight excluding hydrogens is 345 g/mol. The molecule has 19 heavy (non-hydrogen) atoms. The molecule has 0 aromatic heterocycles. The Balaban J connectivity index is 2.09. The Labute approximate surface area is 129 Å². The van der Waals surface area contributed by atoms with E-state index < -0.39 is 0 Å². The van der Waals surface area contributed by atoms with Crippen LogP contribution in [0.25, 0.3) is 0 Å². The van der Waals surface area contributed by atoms with Gasteiger partial charge in [0.1, 0.15) is 0 Å². The number of halogens is 1. The highest BCUT2D eigenvalue weighted by atomic mass is 127. The van der Waals surface area contributed by atoms with Gasteiger partial charge in [-0.2, -0.15) is 0 Å². The summed E-state index contributed by atoms with van der Waals surface area (Å²) in [5, 5.41) is 3.45. The fourth-order valence-corrected chi connectivity index (χ4v) is 2.91. The monoisotopic (exact) mass is 365 g/mol. The summed E-state index contributed by atoms with van der Waals surface area (Å²) in [4.78, 5) is 0. The number of hydrogen-bond acceptors (Lipinski definition) is 1. The minimum absolute atomic E-state index is 0.403. The van der Waals surface area contributed by atoms with Crippen molar-refractivity contribution in [2.24, 2.45) is 5.92 Å². The van der Waals surface area contributed by atoms with Crippen LogP contribution in [0.5, 0.6) is 0 Å². The van der Waals surface area contributed by atoms with Gasteiger partial charge in [0.05, 0.1) is 0 Å². The average molecular weight is 365 g/mol. The van der Waals surface area contributed by atoms with E-state index in [1.807, 2.05) is 7.05 Å². The number of nitrogens with one attached hydrogen (secondary N) is 1. The molecule has 1 N–H and O–H groups in total. The molecule has 1 nitrogen and oxygen atoms in total. The van der Waals surface area contributed by atoms with E-state index in [9.17, 15) is 0 Å². The molecule has 2 aromatic rings. The fraction of sp³-hybridized carbons (Fsp3) is 0.294. The van der Waals surface area contributed by atoms with Gasteiger partial charge >= 0.3 is 0 Å². The summed E-state index contributed by atoms with van der Waals surface area (Å²) in [5.41, 5.74) is 2.77. The van der Waals surface area contributed by atoms with Gasteiger partial charge in [-0.15, -0.1) is 0 Å². The molecular formula is C17H20IN. The van der Waals surface area contributed by atoms with E-state index in [1.165, 1.54) is 14.7 Å². The van der Waals surface area contributed by atoms with Gasteiger partial charge in [-0.3, -0.25) is 0 Å². The number of hydrogen-bond donors (Lipinski definition) is 1. The van der Waals surface area contributed by atoms with Gasteiger partial charge < -0.3 is 5.32 Å². The summed E-state index contributed by atoms with van der Waals surface area (Å²) < 4.78 is 1.29. The average Bonchev–Trinajstić information content (AvgIpc) is 2.43. The maximum Gasteiger partial charge on any atom is 0.0346 e. The highest BCUT2D eigenvalue weighted by Gasteiger charge is 2.17. The van der Waals surface area contributed by atoms with Gasteiger partial charge in [-0.05, 0) is 65.2 Å². The van der Waals surface area contributed by atoms with E-state index in [1.54, 1.807) is 0 Å². The molecule has 0 aliphatic rings. The molecule has 0 radical (unpaired) electrons. The maximum absolute atomic E-state index is 3.45. The van der Waals surface area contributed by atoms with Crippen LogP contribution in [0.3, 0.4) is 0 Å². The third-order valence-electron chi connectivity index (χ3n) is 3.51. The molecule has 2 atom stereocenters. The molecule has 0 bridgehead atoms. The van der Waals surface area contributed by atoms with E-state index in [0.29, 0.717) is 12.0 Å². The van der Waals surface area contributed by atoms with Crippen molar-refractivity contribution in [2.45, 2.75) is 19.4 Å². The lowest BCUT2D eigenvalue weighted by Crippen LogP contribution is -2.24. The Morgan fingerprint density at radius 1 is 1.00 bits per heavy atom. The van der Waals surface area contributed by atoms with Gasteiger partial charge in [0, 0.05) is 9.61 Å². The van der Waals surface area contributed by atoms with Gasteiger partial charge in [0.25, 0.3) is 0 Å². The van der Waals surface area contributed by atoms with Crippen LogP contribution in [-0.2, 0) is 6.42 Å². The summed E-state index contributed by atoms with van der Waals surface area (Å²) >= 11 is 2.35. The van der Waals surface area contributed by atoms with Crippen molar-refractivity contribution in [3.63, 3.8) is 0 Å². The third kappa shape index (κ3) is 4.05. The van der Waals surface area contributed by atoms with Crippen LogP contribution < -0.4 is 5.32 Å². The van der Waals surface area contributed by atoms with Gasteiger partial charge in [0.15, 0.2) is 0 Å². The Morgan fingerprint density at radius 3 is 2.21 bits per heavy atom. The van der Waals surface area contributed by atoms with Crippen LogP contribution in [0, 0.1) is 9.49 Å². The lowest BCUT2D eigenvalue weighted by molar-refractivity contribution is 0.409. The summed E-state index contributed by atoms with van der Waals surface area (Å²) in [6, 6.07) is 19.9. The van der Waals surface area contributed by atoms with Crippen molar-refractivity contribution in [2.75, 3.05) is 7.05 Å². The predicted molar refractivity (Wildman–Crippen MR) is 90.3 cm³/mol. The molecule has 0 aliphatic heterocycles. The van der Waals surface area contributed by atoms with Crippen LogP contribution >= 0.6 is 22.6 Å². The van der Waals surface area contributed by atoms with Gasteiger partial charge in [-0.25, -0.2) is 0 Å². The minimum atomic E-state index is 0.403. The second kappa shape index (κ2) is 7.06. The zero-order chi connectivity index (χ0) is 13.7. The highest BCUT2D eigenvalue weighted by Crippen LogP contribution is 2.24. The second-order valence-electron chi connectivity index (χ2n) is 4.98. The first-order valence-corrected chi connectivity index (χ1v) is 7.75. The molecule has 0 fully saturated rings. The van der Waals surface area contributed by atoms with Crippen LogP contribution in [0.15, 0.2) is 54.6 Å². The predicted octanol–water partition coefficient (Wildman–Crippen LogP) is 4.43. The van der Waals surface area contributed by atoms with Crippen molar-refractivity contribution in [1.82, 2.24) is 5.32 Å². The normalized spacial score (nSPS) is 14.1. The Morgan fingerprint density at radius 2 is 1.63 bits per heavy atom. The SMILES string of the molecule is CNC(c1ccccc1)C(C)Cc1ccc(I)cc1. The molecule has 0 saturated carbocycles. The molecule has 2 unspecified atom stereocenters. The van der Waals surface area contributed by atoms with E-state index >= 15 is 0 Å². The molecule has 0 amide bonds. The first kappa shape index (κ1) is 14.5. The number of rotatable bonds is 5. The smallest absolute Gasteiger partial charge is 0.0346 e. The lowest BCUT2D eigenvalue weighted by Gasteiger charge is -2.24. The largest absolute Gasteiger partial charge is 0.313 e. The summed E-state index contributed by atoms with van der Waals surface area (Å²) in [6.45, 7) is 2.31. The first-order valence-electron chi connectivity index (χ1n) is 6.67. The Bertz CT molecular complexity index is 492. The van der Waals surface area contributed by atoms with Crippen molar-refractivity contribution in [1.29, 1.82) is 0 Å². The molecule has 2 heteroatoms. The van der Waals surface area contributed by atoms with E-state index in [-0.39, 0.29) is 0 Å². The molecule has 100 valence electrons. The first-order chi connectivity index (χ1) is 9.20. The lowest BCUT2D eigenvalue weighted by atomic mass is 9.89. The van der Waals surface area contributed by atoms with Crippen LogP contribution in [0.4, 0.5) is 0 Å². The van der Waals surface area contributed by atoms with Crippen LogP contribution in [0.1, 0.15) is 24.1 Å². The summed E-state index contributed by atoms with van der Waals surface area (Å²) in [5.74, 6) is 0.562. The van der Waals surface area contributed by atoms with Crippen molar-refractivity contribution >= 4 is 22.6 Å². The maximum atomic E-state index is 3.45. The Hall–Kier alpha value is -0.870. The topological polar surface area (TPSA) is 12.0 Å². The Kier molecular flexibility index (Phi) is 5.40. The third-order valence-corrected chi connectivity index (χ3v) is 4.23. The van der Waals surface area contributed by atoms with Crippen molar-refractivity contribution in [3.8, 4) is 0 Å². The fourth-order valence-electron chi connectivity index (χ4n) is 2.55. The molecule has 0 spiro atoms. The minimum Gasteiger partial charge on any atom is -0.313 e. The molecule has 0 heterocycles. The molecule has 2 aromatic carbocycles. The summed E-state index contributed by atoms with van der Waals surface area (Å²) in [7, 11) is 2.04. The van der Waals surface area contributed by atoms with Gasteiger partial charge in [-0.1, -0.05) is 49.4 Å². The van der Waals surface area contributed by atoms with E-state index in [0.717, 1.165) is 6.42 Å². The quantitative estimate of drug-likeness (QED) is 0.773. The standard InChI is InChI=1S/C17H20IN/c1-13(12-14-8-10-16(18)11-9-14)17(19-2)15-6-4-3-5-7-15/h3-11,13,17,19H,12H2,1-2H3. The molecule has 0 saturated heterocycles. The highest BCUT2D eigenvalue weighted by molar-refractivity contribution is 14.1. The molecule has 0 aliphatic carbocycles. The van der Waals surface area contributed by atoms with E-state index in [4.69, 9.17) is 0 Å². The van der Waals surface area contributed by atoms with Crippen LogP contribution in [0.2, 0.25) is 0 Å². The molecule has 2 rings (SSSR count). The summed E-state index contributed by atoms with van der Waals surface area (Å²) in [6.07, 6.45) is 1.09.